The Morgan fingerprint density at radius 1 is 1.20 bits per heavy atom. The SMILES string of the molecule is CC1CCC(C(=O)N2CCCC(CNC(C)C)C2)CC1. The van der Waals surface area contributed by atoms with E-state index in [2.05, 4.69) is 31.0 Å². The van der Waals surface area contributed by atoms with Crippen molar-refractivity contribution in [2.45, 2.75) is 65.3 Å². The second-order valence-corrected chi connectivity index (χ2v) is 7.31. The van der Waals surface area contributed by atoms with Crippen LogP contribution in [0.4, 0.5) is 0 Å². The van der Waals surface area contributed by atoms with Gasteiger partial charge in [0.25, 0.3) is 0 Å². The maximum absolute atomic E-state index is 12.6. The van der Waals surface area contributed by atoms with Crippen molar-refractivity contribution in [3.8, 4) is 0 Å². The molecule has 0 spiro atoms. The number of hydrogen-bond donors (Lipinski definition) is 1. The Bertz CT molecular complexity index is 308. The van der Waals surface area contributed by atoms with Gasteiger partial charge in [0.15, 0.2) is 0 Å². The summed E-state index contributed by atoms with van der Waals surface area (Å²) in [4.78, 5) is 14.8. The van der Waals surface area contributed by atoms with Crippen molar-refractivity contribution in [3.05, 3.63) is 0 Å². The average molecular weight is 280 g/mol. The van der Waals surface area contributed by atoms with E-state index in [1.54, 1.807) is 0 Å². The number of nitrogens with one attached hydrogen (secondary N) is 1. The molecule has 1 heterocycles. The van der Waals surface area contributed by atoms with E-state index in [0.29, 0.717) is 23.8 Å². The van der Waals surface area contributed by atoms with Crippen molar-refractivity contribution < 1.29 is 4.79 Å². The van der Waals surface area contributed by atoms with Gasteiger partial charge in [0, 0.05) is 25.0 Å². The fourth-order valence-corrected chi connectivity index (χ4v) is 3.60. The van der Waals surface area contributed by atoms with Crippen LogP contribution in [-0.4, -0.2) is 36.5 Å². The lowest BCUT2D eigenvalue weighted by Crippen LogP contribution is -2.46. The van der Waals surface area contributed by atoms with Crippen LogP contribution < -0.4 is 5.32 Å². The van der Waals surface area contributed by atoms with Crippen LogP contribution in [0, 0.1) is 17.8 Å². The molecule has 0 radical (unpaired) electrons. The summed E-state index contributed by atoms with van der Waals surface area (Å²) in [5.74, 6) is 2.25. The first-order valence-electron chi connectivity index (χ1n) is 8.58. The van der Waals surface area contributed by atoms with Gasteiger partial charge in [-0.25, -0.2) is 0 Å². The molecular weight excluding hydrogens is 248 g/mol. The number of likely N-dealkylation sites (tertiary alicyclic amines) is 1. The molecule has 1 saturated carbocycles. The molecule has 1 N–H and O–H groups in total. The Labute approximate surface area is 124 Å². The van der Waals surface area contributed by atoms with Crippen molar-refractivity contribution in [1.29, 1.82) is 0 Å². The minimum Gasteiger partial charge on any atom is -0.342 e. The van der Waals surface area contributed by atoms with Gasteiger partial charge in [0.2, 0.25) is 5.91 Å². The van der Waals surface area contributed by atoms with E-state index in [0.717, 1.165) is 38.4 Å². The Morgan fingerprint density at radius 3 is 2.55 bits per heavy atom. The number of nitrogens with zero attached hydrogens (tertiary/aromatic N) is 1. The van der Waals surface area contributed by atoms with E-state index >= 15 is 0 Å². The highest BCUT2D eigenvalue weighted by Gasteiger charge is 2.30. The van der Waals surface area contributed by atoms with Crippen molar-refractivity contribution in [2.75, 3.05) is 19.6 Å². The number of piperidine rings is 1. The van der Waals surface area contributed by atoms with Crippen LogP contribution in [0.15, 0.2) is 0 Å². The zero-order valence-corrected chi connectivity index (χ0v) is 13.5. The van der Waals surface area contributed by atoms with Gasteiger partial charge < -0.3 is 10.2 Å². The summed E-state index contributed by atoms with van der Waals surface area (Å²) in [6.45, 7) is 9.72. The Morgan fingerprint density at radius 2 is 1.90 bits per heavy atom. The Balaban J connectivity index is 1.80. The number of amides is 1. The molecule has 2 aliphatic rings. The third-order valence-electron chi connectivity index (χ3n) is 5.01. The molecule has 0 aromatic heterocycles. The molecule has 1 atom stereocenters. The molecule has 2 fully saturated rings. The fraction of sp³-hybridized carbons (Fsp3) is 0.941. The van der Waals surface area contributed by atoms with Crippen molar-refractivity contribution in [2.24, 2.45) is 17.8 Å². The predicted molar refractivity (Wildman–Crippen MR) is 83.6 cm³/mol. The molecule has 0 bridgehead atoms. The van der Waals surface area contributed by atoms with Crippen LogP contribution in [0.5, 0.6) is 0 Å². The normalized spacial score (nSPS) is 31.6. The second-order valence-electron chi connectivity index (χ2n) is 7.31. The minimum absolute atomic E-state index is 0.322. The first kappa shape index (κ1) is 15.8. The Hall–Kier alpha value is -0.570. The van der Waals surface area contributed by atoms with E-state index in [9.17, 15) is 4.79 Å². The topological polar surface area (TPSA) is 32.3 Å². The summed E-state index contributed by atoms with van der Waals surface area (Å²) >= 11 is 0. The summed E-state index contributed by atoms with van der Waals surface area (Å²) in [6, 6.07) is 0.543. The molecule has 0 aromatic rings. The highest BCUT2D eigenvalue weighted by Crippen LogP contribution is 2.30. The van der Waals surface area contributed by atoms with E-state index in [-0.39, 0.29) is 0 Å². The molecule has 116 valence electrons. The highest BCUT2D eigenvalue weighted by molar-refractivity contribution is 5.79. The van der Waals surface area contributed by atoms with Gasteiger partial charge in [-0.3, -0.25) is 4.79 Å². The van der Waals surface area contributed by atoms with Gasteiger partial charge >= 0.3 is 0 Å². The monoisotopic (exact) mass is 280 g/mol. The highest BCUT2D eigenvalue weighted by atomic mass is 16.2. The fourth-order valence-electron chi connectivity index (χ4n) is 3.60. The second kappa shape index (κ2) is 7.44. The molecule has 3 nitrogen and oxygen atoms in total. The molecule has 1 aliphatic heterocycles. The first-order valence-corrected chi connectivity index (χ1v) is 8.58. The molecule has 0 aromatic carbocycles. The van der Waals surface area contributed by atoms with Gasteiger partial charge in [0.1, 0.15) is 0 Å². The summed E-state index contributed by atoms with van der Waals surface area (Å²) in [5, 5.41) is 3.52. The molecule has 2 rings (SSSR count). The van der Waals surface area contributed by atoms with Crippen LogP contribution >= 0.6 is 0 Å². The van der Waals surface area contributed by atoms with E-state index < -0.39 is 0 Å². The van der Waals surface area contributed by atoms with Crippen molar-refractivity contribution in [3.63, 3.8) is 0 Å². The standard InChI is InChI=1S/C17H32N2O/c1-13(2)18-11-15-5-4-10-19(12-15)17(20)16-8-6-14(3)7-9-16/h13-16,18H,4-12H2,1-3H3. The van der Waals surface area contributed by atoms with E-state index in [1.807, 2.05) is 0 Å². The van der Waals surface area contributed by atoms with Crippen LogP contribution in [0.2, 0.25) is 0 Å². The van der Waals surface area contributed by atoms with E-state index in [1.165, 1.54) is 25.7 Å². The number of hydrogen-bond acceptors (Lipinski definition) is 2. The smallest absolute Gasteiger partial charge is 0.225 e. The van der Waals surface area contributed by atoms with Gasteiger partial charge in [-0.05, 0) is 56.9 Å². The molecule has 1 saturated heterocycles. The summed E-state index contributed by atoms with van der Waals surface area (Å²) in [5.41, 5.74) is 0. The molecular formula is C17H32N2O. The quantitative estimate of drug-likeness (QED) is 0.858. The average Bonchev–Trinajstić information content (AvgIpc) is 2.45. The Kier molecular flexibility index (Phi) is 5.88. The van der Waals surface area contributed by atoms with Crippen LogP contribution in [0.25, 0.3) is 0 Å². The van der Waals surface area contributed by atoms with Gasteiger partial charge in [-0.2, -0.15) is 0 Å². The molecule has 1 unspecified atom stereocenters. The lowest BCUT2D eigenvalue weighted by molar-refractivity contribution is -0.138. The third kappa shape index (κ3) is 4.47. The van der Waals surface area contributed by atoms with Crippen LogP contribution in [-0.2, 0) is 4.79 Å². The summed E-state index contributed by atoms with van der Waals surface area (Å²) < 4.78 is 0. The molecule has 1 amide bonds. The van der Waals surface area contributed by atoms with Crippen molar-refractivity contribution in [1.82, 2.24) is 10.2 Å². The van der Waals surface area contributed by atoms with Crippen molar-refractivity contribution >= 4 is 5.91 Å². The maximum Gasteiger partial charge on any atom is 0.225 e. The third-order valence-corrected chi connectivity index (χ3v) is 5.01. The lowest BCUT2D eigenvalue weighted by atomic mass is 9.82. The zero-order valence-electron chi connectivity index (χ0n) is 13.5. The van der Waals surface area contributed by atoms with Crippen LogP contribution in [0.1, 0.15) is 59.3 Å². The summed E-state index contributed by atoms with van der Waals surface area (Å²) in [6.07, 6.45) is 7.16. The predicted octanol–water partition coefficient (Wildman–Crippen LogP) is 3.05. The van der Waals surface area contributed by atoms with Gasteiger partial charge in [0.05, 0.1) is 0 Å². The number of carbonyl (C=O) groups excluding carboxylic acids is 1. The minimum atomic E-state index is 0.322. The largest absolute Gasteiger partial charge is 0.342 e. The molecule has 1 aliphatic carbocycles. The lowest BCUT2D eigenvalue weighted by Gasteiger charge is -2.37. The molecule has 3 heteroatoms. The maximum atomic E-state index is 12.6. The summed E-state index contributed by atoms with van der Waals surface area (Å²) in [7, 11) is 0. The van der Waals surface area contributed by atoms with Crippen LogP contribution in [0.3, 0.4) is 0 Å². The first-order chi connectivity index (χ1) is 9.56. The molecule has 20 heavy (non-hydrogen) atoms. The van der Waals surface area contributed by atoms with Gasteiger partial charge in [-0.1, -0.05) is 20.8 Å². The number of carbonyl (C=O) groups is 1. The van der Waals surface area contributed by atoms with E-state index in [4.69, 9.17) is 0 Å². The zero-order chi connectivity index (χ0) is 14.5. The van der Waals surface area contributed by atoms with Gasteiger partial charge in [-0.15, -0.1) is 0 Å². The number of rotatable bonds is 4.